The van der Waals surface area contributed by atoms with Crippen molar-refractivity contribution in [1.82, 2.24) is 4.90 Å². The highest BCUT2D eigenvalue weighted by molar-refractivity contribution is 5.45. The van der Waals surface area contributed by atoms with E-state index in [1.54, 1.807) is 12.1 Å². The first-order valence-corrected chi connectivity index (χ1v) is 11.4. The number of likely N-dealkylation sites (tertiary alicyclic amines) is 1. The Labute approximate surface area is 184 Å². The molecule has 3 heteroatoms. The second-order valence-electron chi connectivity index (χ2n) is 9.02. The van der Waals surface area contributed by atoms with Gasteiger partial charge >= 0.3 is 0 Å². The van der Waals surface area contributed by atoms with Crippen LogP contribution in [0.1, 0.15) is 47.4 Å². The highest BCUT2D eigenvalue weighted by atomic mass is 19.1. The van der Waals surface area contributed by atoms with Crippen LogP contribution in [-0.4, -0.2) is 31.1 Å². The summed E-state index contributed by atoms with van der Waals surface area (Å²) in [5.41, 5.74) is 4.99. The van der Waals surface area contributed by atoms with Crippen LogP contribution in [0.2, 0.25) is 0 Å². The molecule has 2 aliphatic rings. The molecule has 5 rings (SSSR count). The lowest BCUT2D eigenvalue weighted by Gasteiger charge is -2.42. The number of halogens is 1. The molecule has 0 aliphatic carbocycles. The number of fused-ring (bicyclic) bond motifs is 1. The normalized spacial score (nSPS) is 22.2. The van der Waals surface area contributed by atoms with Crippen LogP contribution in [-0.2, 0) is 16.8 Å². The van der Waals surface area contributed by atoms with Crippen LogP contribution < -0.4 is 0 Å². The van der Waals surface area contributed by atoms with Gasteiger partial charge in [-0.25, -0.2) is 4.39 Å². The first kappa shape index (κ1) is 20.4. The Morgan fingerprint density at radius 1 is 0.871 bits per heavy atom. The minimum absolute atomic E-state index is 0.188. The molecule has 1 saturated heterocycles. The number of rotatable bonds is 5. The molecule has 1 unspecified atom stereocenters. The summed E-state index contributed by atoms with van der Waals surface area (Å²) in [4.78, 5) is 2.60. The van der Waals surface area contributed by atoms with Gasteiger partial charge in [-0.05, 0) is 79.2 Å². The van der Waals surface area contributed by atoms with Crippen molar-refractivity contribution in [3.05, 3.63) is 107 Å². The third-order valence-corrected chi connectivity index (χ3v) is 7.25. The number of benzene rings is 3. The van der Waals surface area contributed by atoms with E-state index in [1.807, 2.05) is 12.1 Å². The Morgan fingerprint density at radius 3 is 2.35 bits per heavy atom. The quantitative estimate of drug-likeness (QED) is 0.513. The monoisotopic (exact) mass is 415 g/mol. The Hall–Kier alpha value is -2.49. The predicted octanol–water partition coefficient (Wildman–Crippen LogP) is 5.91. The Balaban J connectivity index is 1.34. The molecular weight excluding hydrogens is 385 g/mol. The SMILES string of the molecule is Fc1ccc(C2(CCN3CCC(c4ccccc4)CC3)COCc3ccccc32)cc1. The van der Waals surface area contributed by atoms with E-state index >= 15 is 0 Å². The van der Waals surface area contributed by atoms with Gasteiger partial charge in [-0.2, -0.15) is 0 Å². The van der Waals surface area contributed by atoms with E-state index in [4.69, 9.17) is 4.74 Å². The van der Waals surface area contributed by atoms with Gasteiger partial charge in [0.25, 0.3) is 0 Å². The fourth-order valence-electron chi connectivity index (χ4n) is 5.45. The summed E-state index contributed by atoms with van der Waals surface area (Å²) in [6, 6.07) is 26.6. The first-order valence-electron chi connectivity index (χ1n) is 11.4. The molecule has 0 radical (unpaired) electrons. The van der Waals surface area contributed by atoms with Gasteiger partial charge in [-0.3, -0.25) is 0 Å². The van der Waals surface area contributed by atoms with Crippen LogP contribution in [0.3, 0.4) is 0 Å². The zero-order chi connectivity index (χ0) is 21.1. The third-order valence-electron chi connectivity index (χ3n) is 7.25. The number of hydrogen-bond acceptors (Lipinski definition) is 2. The largest absolute Gasteiger partial charge is 0.375 e. The first-order chi connectivity index (χ1) is 15.2. The maximum absolute atomic E-state index is 13.7. The zero-order valence-corrected chi connectivity index (χ0v) is 18.0. The number of ether oxygens (including phenoxy) is 1. The van der Waals surface area contributed by atoms with E-state index in [9.17, 15) is 4.39 Å². The highest BCUT2D eigenvalue weighted by Gasteiger charge is 2.39. The van der Waals surface area contributed by atoms with Gasteiger partial charge in [0, 0.05) is 5.41 Å². The summed E-state index contributed by atoms with van der Waals surface area (Å²) in [7, 11) is 0. The van der Waals surface area contributed by atoms with Crippen LogP contribution in [0.25, 0.3) is 0 Å². The summed E-state index contributed by atoms with van der Waals surface area (Å²) in [6.07, 6.45) is 3.40. The molecule has 2 nitrogen and oxygen atoms in total. The minimum atomic E-state index is -0.223. The molecule has 0 amide bonds. The topological polar surface area (TPSA) is 12.5 Å². The Bertz CT molecular complexity index is 995. The third kappa shape index (κ3) is 4.17. The van der Waals surface area contributed by atoms with E-state index in [2.05, 4.69) is 59.5 Å². The highest BCUT2D eigenvalue weighted by Crippen LogP contribution is 2.42. The number of nitrogens with zero attached hydrogens (tertiary/aromatic N) is 1. The van der Waals surface area contributed by atoms with E-state index in [-0.39, 0.29) is 11.2 Å². The van der Waals surface area contributed by atoms with Crippen molar-refractivity contribution in [1.29, 1.82) is 0 Å². The van der Waals surface area contributed by atoms with Crippen molar-refractivity contribution in [2.75, 3.05) is 26.2 Å². The lowest BCUT2D eigenvalue weighted by Crippen LogP contribution is -2.42. The molecule has 1 fully saturated rings. The maximum atomic E-state index is 13.7. The average molecular weight is 416 g/mol. The van der Waals surface area contributed by atoms with Crippen LogP contribution >= 0.6 is 0 Å². The summed E-state index contributed by atoms with van der Waals surface area (Å²) >= 11 is 0. The molecule has 2 heterocycles. The smallest absolute Gasteiger partial charge is 0.123 e. The van der Waals surface area contributed by atoms with Gasteiger partial charge in [0.2, 0.25) is 0 Å². The van der Waals surface area contributed by atoms with Crippen molar-refractivity contribution in [3.8, 4) is 0 Å². The van der Waals surface area contributed by atoms with Gasteiger partial charge in [0.05, 0.1) is 13.2 Å². The van der Waals surface area contributed by atoms with Gasteiger partial charge < -0.3 is 9.64 Å². The molecule has 0 N–H and O–H groups in total. The van der Waals surface area contributed by atoms with Crippen LogP contribution in [0.5, 0.6) is 0 Å². The van der Waals surface area contributed by atoms with Crippen LogP contribution in [0.4, 0.5) is 4.39 Å². The second kappa shape index (κ2) is 8.94. The summed E-state index contributed by atoms with van der Waals surface area (Å²) in [6.45, 7) is 4.58. The van der Waals surface area contributed by atoms with E-state index in [0.717, 1.165) is 31.6 Å². The molecule has 0 saturated carbocycles. The van der Waals surface area contributed by atoms with Gasteiger partial charge in [0.1, 0.15) is 5.82 Å². The Kier molecular flexibility index (Phi) is 5.89. The summed E-state index contributed by atoms with van der Waals surface area (Å²) in [5, 5.41) is 0. The lowest BCUT2D eigenvalue weighted by molar-refractivity contribution is 0.0560. The zero-order valence-electron chi connectivity index (χ0n) is 18.0. The number of hydrogen-bond donors (Lipinski definition) is 0. The standard InChI is InChI=1S/C28H30FNO/c29-26-12-10-25(11-13-26)28(21-31-20-24-8-4-5-9-27(24)28)16-19-30-17-14-23(15-18-30)22-6-2-1-3-7-22/h1-13,23H,14-21H2. The molecule has 0 aromatic heterocycles. The summed E-state index contributed by atoms with van der Waals surface area (Å²) in [5.74, 6) is 0.481. The van der Waals surface area contributed by atoms with E-state index in [1.165, 1.54) is 29.5 Å². The molecule has 3 aromatic rings. The molecule has 0 spiro atoms. The van der Waals surface area contributed by atoms with Crippen molar-refractivity contribution in [3.63, 3.8) is 0 Å². The molecule has 1 atom stereocenters. The van der Waals surface area contributed by atoms with Crippen LogP contribution in [0, 0.1) is 5.82 Å². The fourth-order valence-corrected chi connectivity index (χ4v) is 5.45. The molecule has 2 aliphatic heterocycles. The fraction of sp³-hybridized carbons (Fsp3) is 0.357. The maximum Gasteiger partial charge on any atom is 0.123 e. The minimum Gasteiger partial charge on any atom is -0.375 e. The predicted molar refractivity (Wildman–Crippen MR) is 123 cm³/mol. The summed E-state index contributed by atoms with van der Waals surface area (Å²) < 4.78 is 19.8. The second-order valence-corrected chi connectivity index (χ2v) is 9.02. The van der Waals surface area contributed by atoms with Crippen molar-refractivity contribution >= 4 is 0 Å². The van der Waals surface area contributed by atoms with Crippen molar-refractivity contribution < 1.29 is 9.13 Å². The molecule has 0 bridgehead atoms. The molecule has 160 valence electrons. The van der Waals surface area contributed by atoms with E-state index < -0.39 is 0 Å². The molecule has 31 heavy (non-hydrogen) atoms. The Morgan fingerprint density at radius 2 is 1.58 bits per heavy atom. The van der Waals surface area contributed by atoms with Crippen molar-refractivity contribution in [2.24, 2.45) is 0 Å². The number of piperidine rings is 1. The van der Waals surface area contributed by atoms with Gasteiger partial charge in [0.15, 0.2) is 0 Å². The van der Waals surface area contributed by atoms with Crippen LogP contribution in [0.15, 0.2) is 78.9 Å². The average Bonchev–Trinajstić information content (AvgIpc) is 2.84. The van der Waals surface area contributed by atoms with Gasteiger partial charge in [-0.1, -0.05) is 66.7 Å². The van der Waals surface area contributed by atoms with Gasteiger partial charge in [-0.15, -0.1) is 0 Å². The van der Waals surface area contributed by atoms with Crippen molar-refractivity contribution in [2.45, 2.75) is 37.2 Å². The molecule has 3 aromatic carbocycles. The lowest BCUT2D eigenvalue weighted by atomic mass is 9.70. The van der Waals surface area contributed by atoms with E-state index in [0.29, 0.717) is 19.1 Å². The molecular formula is C28H30FNO.